The number of hydrogen-bond acceptors (Lipinski definition) is 5. The van der Waals surface area contributed by atoms with Crippen molar-refractivity contribution < 1.29 is 9.53 Å². The lowest BCUT2D eigenvalue weighted by molar-refractivity contribution is -0.118. The first kappa shape index (κ1) is 18.8. The van der Waals surface area contributed by atoms with Gasteiger partial charge in [-0.05, 0) is 43.3 Å². The largest absolute Gasteiger partial charge is 0.484 e. The number of carbonyl (C=O) groups excluding carboxylic acids is 1. The number of anilines is 1. The van der Waals surface area contributed by atoms with Gasteiger partial charge in [0, 0.05) is 34.6 Å². The van der Waals surface area contributed by atoms with Gasteiger partial charge >= 0.3 is 0 Å². The molecule has 0 spiro atoms. The third-order valence-corrected chi connectivity index (χ3v) is 5.16. The molecule has 0 atom stereocenters. The normalized spacial score (nSPS) is 10.5. The molecule has 0 unspecified atom stereocenters. The lowest BCUT2D eigenvalue weighted by atomic mass is 10.1. The van der Waals surface area contributed by atoms with Crippen LogP contribution in [0.5, 0.6) is 5.75 Å². The summed E-state index contributed by atoms with van der Waals surface area (Å²) in [4.78, 5) is 21.0. The number of benzene rings is 2. The molecule has 0 aliphatic rings. The Morgan fingerprint density at radius 2 is 1.83 bits per heavy atom. The number of aromatic nitrogens is 2. The summed E-state index contributed by atoms with van der Waals surface area (Å²) in [7, 11) is 0. The van der Waals surface area contributed by atoms with Crippen molar-refractivity contribution in [2.24, 2.45) is 0 Å². The number of rotatable bonds is 6. The molecule has 1 amide bonds. The van der Waals surface area contributed by atoms with E-state index in [2.05, 4.69) is 10.3 Å². The Hall–Kier alpha value is -3.51. The van der Waals surface area contributed by atoms with Crippen molar-refractivity contribution in [3.8, 4) is 27.6 Å². The average Bonchev–Trinajstić information content (AvgIpc) is 3.25. The van der Waals surface area contributed by atoms with Crippen molar-refractivity contribution >= 4 is 22.9 Å². The van der Waals surface area contributed by atoms with Gasteiger partial charge < -0.3 is 10.1 Å². The summed E-state index contributed by atoms with van der Waals surface area (Å²) in [5.41, 5.74) is 4.70. The van der Waals surface area contributed by atoms with Crippen LogP contribution in [0.3, 0.4) is 0 Å². The first-order valence-corrected chi connectivity index (χ1v) is 10.0. The molecular formula is C23H19N3O2S. The Morgan fingerprint density at radius 1 is 1.03 bits per heavy atom. The lowest BCUT2D eigenvalue weighted by Gasteiger charge is -2.08. The Labute approximate surface area is 173 Å². The Bertz CT molecular complexity index is 1110. The molecule has 0 saturated heterocycles. The molecule has 0 fully saturated rings. The number of aryl methyl sites for hydroxylation is 1. The van der Waals surface area contributed by atoms with Crippen molar-refractivity contribution in [3.05, 3.63) is 84.0 Å². The van der Waals surface area contributed by atoms with E-state index in [-0.39, 0.29) is 12.5 Å². The maximum atomic E-state index is 12.2. The van der Waals surface area contributed by atoms with E-state index >= 15 is 0 Å². The molecule has 0 aliphatic carbocycles. The quantitative estimate of drug-likeness (QED) is 0.482. The van der Waals surface area contributed by atoms with E-state index < -0.39 is 0 Å². The number of hydrogen-bond donors (Lipinski definition) is 1. The smallest absolute Gasteiger partial charge is 0.262 e. The van der Waals surface area contributed by atoms with Crippen LogP contribution in [-0.4, -0.2) is 22.5 Å². The SMILES string of the molecule is Cc1ccc(OCC(=O)Nc2cccc(-c3csc(-c4ccncc4)n3)c2)cc1. The highest BCUT2D eigenvalue weighted by Crippen LogP contribution is 2.29. The number of pyridine rings is 1. The molecule has 4 rings (SSSR count). The first-order valence-electron chi connectivity index (χ1n) is 9.13. The highest BCUT2D eigenvalue weighted by atomic mass is 32.1. The molecule has 2 aromatic heterocycles. The third-order valence-electron chi connectivity index (χ3n) is 4.26. The van der Waals surface area contributed by atoms with Crippen molar-refractivity contribution in [1.82, 2.24) is 9.97 Å². The van der Waals surface area contributed by atoms with Crippen LogP contribution in [0.2, 0.25) is 0 Å². The molecule has 144 valence electrons. The summed E-state index contributed by atoms with van der Waals surface area (Å²) in [6, 6.07) is 19.1. The molecule has 2 aromatic carbocycles. The maximum absolute atomic E-state index is 12.2. The fourth-order valence-electron chi connectivity index (χ4n) is 2.77. The second kappa shape index (κ2) is 8.67. The van der Waals surface area contributed by atoms with Gasteiger partial charge in [-0.15, -0.1) is 11.3 Å². The zero-order valence-electron chi connectivity index (χ0n) is 15.8. The molecule has 0 saturated carbocycles. The minimum atomic E-state index is -0.210. The Kier molecular flexibility index (Phi) is 5.63. The van der Waals surface area contributed by atoms with Gasteiger partial charge in [0.2, 0.25) is 0 Å². The van der Waals surface area contributed by atoms with Crippen molar-refractivity contribution in [2.75, 3.05) is 11.9 Å². The van der Waals surface area contributed by atoms with Crippen LogP contribution in [0.4, 0.5) is 5.69 Å². The average molecular weight is 401 g/mol. The summed E-state index contributed by atoms with van der Waals surface area (Å²) >= 11 is 1.58. The van der Waals surface area contributed by atoms with Gasteiger partial charge in [-0.2, -0.15) is 0 Å². The Balaban J connectivity index is 1.41. The summed E-state index contributed by atoms with van der Waals surface area (Å²) in [5, 5.41) is 5.82. The number of nitrogens with zero attached hydrogens (tertiary/aromatic N) is 2. The third kappa shape index (κ3) is 4.86. The minimum absolute atomic E-state index is 0.0455. The van der Waals surface area contributed by atoms with E-state index in [9.17, 15) is 4.79 Å². The van der Waals surface area contributed by atoms with Crippen LogP contribution >= 0.6 is 11.3 Å². The zero-order valence-corrected chi connectivity index (χ0v) is 16.6. The maximum Gasteiger partial charge on any atom is 0.262 e. The first-order chi connectivity index (χ1) is 14.2. The van der Waals surface area contributed by atoms with Gasteiger partial charge in [0.1, 0.15) is 10.8 Å². The Morgan fingerprint density at radius 3 is 2.62 bits per heavy atom. The fourth-order valence-corrected chi connectivity index (χ4v) is 3.61. The van der Waals surface area contributed by atoms with E-state index in [1.165, 1.54) is 0 Å². The molecule has 0 radical (unpaired) electrons. The predicted octanol–water partition coefficient (Wildman–Crippen LogP) is 5.20. The van der Waals surface area contributed by atoms with Gasteiger partial charge in [0.05, 0.1) is 5.69 Å². The predicted molar refractivity (Wildman–Crippen MR) is 116 cm³/mol. The highest BCUT2D eigenvalue weighted by molar-refractivity contribution is 7.13. The molecule has 0 bridgehead atoms. The fraction of sp³-hybridized carbons (Fsp3) is 0.0870. The van der Waals surface area contributed by atoms with Crippen LogP contribution in [0.1, 0.15) is 5.56 Å². The number of amides is 1. The monoisotopic (exact) mass is 401 g/mol. The number of carbonyl (C=O) groups is 1. The molecule has 4 aromatic rings. The molecular weight excluding hydrogens is 382 g/mol. The lowest BCUT2D eigenvalue weighted by Crippen LogP contribution is -2.20. The van der Waals surface area contributed by atoms with Crippen LogP contribution in [-0.2, 0) is 4.79 Å². The van der Waals surface area contributed by atoms with Gasteiger partial charge in [-0.25, -0.2) is 4.98 Å². The summed E-state index contributed by atoms with van der Waals surface area (Å²) < 4.78 is 5.53. The van der Waals surface area contributed by atoms with Crippen LogP contribution in [0.15, 0.2) is 78.4 Å². The second-order valence-corrected chi connectivity index (χ2v) is 7.36. The topological polar surface area (TPSA) is 64.1 Å². The highest BCUT2D eigenvalue weighted by Gasteiger charge is 2.09. The minimum Gasteiger partial charge on any atom is -0.484 e. The van der Waals surface area contributed by atoms with Crippen molar-refractivity contribution in [3.63, 3.8) is 0 Å². The van der Waals surface area contributed by atoms with E-state index in [1.54, 1.807) is 23.7 Å². The number of nitrogens with one attached hydrogen (secondary N) is 1. The van der Waals surface area contributed by atoms with E-state index in [0.29, 0.717) is 11.4 Å². The zero-order chi connectivity index (χ0) is 20.1. The number of ether oxygens (including phenoxy) is 1. The molecule has 2 heterocycles. The molecule has 29 heavy (non-hydrogen) atoms. The van der Waals surface area contributed by atoms with Gasteiger partial charge in [0.25, 0.3) is 5.91 Å². The summed E-state index contributed by atoms with van der Waals surface area (Å²) in [5.74, 6) is 0.462. The van der Waals surface area contributed by atoms with E-state index in [4.69, 9.17) is 9.72 Å². The van der Waals surface area contributed by atoms with Crippen LogP contribution in [0, 0.1) is 6.92 Å². The molecule has 5 nitrogen and oxygen atoms in total. The van der Waals surface area contributed by atoms with Gasteiger partial charge in [-0.3, -0.25) is 9.78 Å². The molecule has 6 heteroatoms. The van der Waals surface area contributed by atoms with Crippen molar-refractivity contribution in [1.29, 1.82) is 0 Å². The molecule has 1 N–H and O–H groups in total. The van der Waals surface area contributed by atoms with Crippen LogP contribution in [0.25, 0.3) is 21.8 Å². The van der Waals surface area contributed by atoms with Gasteiger partial charge in [0.15, 0.2) is 6.61 Å². The van der Waals surface area contributed by atoms with E-state index in [1.807, 2.05) is 73.0 Å². The van der Waals surface area contributed by atoms with Gasteiger partial charge in [-0.1, -0.05) is 29.8 Å². The number of thiazole rings is 1. The summed E-state index contributed by atoms with van der Waals surface area (Å²) in [6.45, 7) is 1.96. The summed E-state index contributed by atoms with van der Waals surface area (Å²) in [6.07, 6.45) is 3.51. The van der Waals surface area contributed by atoms with E-state index in [0.717, 1.165) is 27.4 Å². The molecule has 0 aliphatic heterocycles. The second-order valence-electron chi connectivity index (χ2n) is 6.50. The van der Waals surface area contributed by atoms with Crippen LogP contribution < -0.4 is 10.1 Å². The standard InChI is InChI=1S/C23H19N3O2S/c1-16-5-7-20(8-6-16)28-14-22(27)25-19-4-2-3-18(13-19)21-15-29-23(26-21)17-9-11-24-12-10-17/h2-13,15H,14H2,1H3,(H,25,27). The van der Waals surface area contributed by atoms with Crippen molar-refractivity contribution in [2.45, 2.75) is 6.92 Å².